The van der Waals surface area contributed by atoms with E-state index in [2.05, 4.69) is 15.9 Å². The Morgan fingerprint density at radius 2 is 2.06 bits per heavy atom. The van der Waals surface area contributed by atoms with E-state index in [1.807, 2.05) is 11.4 Å². The summed E-state index contributed by atoms with van der Waals surface area (Å²) in [5.41, 5.74) is 5.38. The Morgan fingerprint density at radius 1 is 1.39 bits per heavy atom. The molecule has 0 spiro atoms. The highest BCUT2D eigenvalue weighted by molar-refractivity contribution is 9.10. The molecule has 1 aromatic heterocycles. The van der Waals surface area contributed by atoms with Gasteiger partial charge in [0.2, 0.25) is 0 Å². The molecule has 5 nitrogen and oxygen atoms in total. The molecule has 0 saturated heterocycles. The average Bonchev–Trinajstić information content (AvgIpc) is 2.71. The summed E-state index contributed by atoms with van der Waals surface area (Å²) >= 11 is 4.89. The average molecular weight is 356 g/mol. The van der Waals surface area contributed by atoms with Crippen LogP contribution < -0.4 is 5.73 Å². The van der Waals surface area contributed by atoms with Gasteiger partial charge in [-0.05, 0) is 35.0 Å². The summed E-state index contributed by atoms with van der Waals surface area (Å²) in [7, 11) is -0.237. The maximum absolute atomic E-state index is 12.2. The molecule has 0 aliphatic heterocycles. The molecule has 0 fully saturated rings. The summed E-state index contributed by atoms with van der Waals surface area (Å²) in [6.07, 6.45) is 0.661. The summed E-state index contributed by atoms with van der Waals surface area (Å²) in [5, 5.41) is 1.94. The molecule has 1 rings (SSSR count). The van der Waals surface area contributed by atoms with Crippen molar-refractivity contribution in [3.8, 4) is 0 Å². The van der Waals surface area contributed by atoms with Crippen LogP contribution in [0.1, 0.15) is 11.3 Å². The van der Waals surface area contributed by atoms with Crippen molar-refractivity contribution < 1.29 is 8.42 Å². The first kappa shape index (κ1) is 16.1. The lowest BCUT2D eigenvalue weighted by Gasteiger charge is -2.23. The second-order valence-corrected chi connectivity index (χ2v) is 8.01. The van der Waals surface area contributed by atoms with Gasteiger partial charge in [0, 0.05) is 41.9 Å². The van der Waals surface area contributed by atoms with Crippen LogP contribution in [0, 0.1) is 0 Å². The highest BCUT2D eigenvalue weighted by atomic mass is 79.9. The second kappa shape index (κ2) is 6.97. The molecular weight excluding hydrogens is 338 g/mol. The van der Waals surface area contributed by atoms with E-state index < -0.39 is 10.2 Å². The van der Waals surface area contributed by atoms with Crippen molar-refractivity contribution in [2.45, 2.75) is 13.0 Å². The Hall–Kier alpha value is 0.01000. The van der Waals surface area contributed by atoms with Gasteiger partial charge in [-0.3, -0.25) is 0 Å². The Balaban J connectivity index is 2.66. The molecular formula is C10H18BrN3O2S2. The van der Waals surface area contributed by atoms with Gasteiger partial charge in [-0.2, -0.15) is 17.0 Å². The molecule has 0 aliphatic carbocycles. The van der Waals surface area contributed by atoms with Crippen molar-refractivity contribution in [1.82, 2.24) is 8.61 Å². The Labute approximate surface area is 121 Å². The van der Waals surface area contributed by atoms with Gasteiger partial charge in [0.25, 0.3) is 10.2 Å². The predicted octanol–water partition coefficient (Wildman–Crippen LogP) is 1.47. The first-order valence-electron chi connectivity index (χ1n) is 5.48. The zero-order chi connectivity index (χ0) is 13.8. The van der Waals surface area contributed by atoms with E-state index >= 15 is 0 Å². The molecule has 0 saturated carbocycles. The predicted molar refractivity (Wildman–Crippen MR) is 78.7 cm³/mol. The van der Waals surface area contributed by atoms with Crippen LogP contribution in [0.3, 0.4) is 0 Å². The zero-order valence-electron chi connectivity index (χ0n) is 10.5. The van der Waals surface area contributed by atoms with Gasteiger partial charge in [-0.15, -0.1) is 11.3 Å². The lowest BCUT2D eigenvalue weighted by atomic mass is 10.4. The first-order valence-corrected chi connectivity index (χ1v) is 8.55. The normalized spacial score (nSPS) is 12.6. The van der Waals surface area contributed by atoms with Crippen LogP contribution in [0.25, 0.3) is 0 Å². The Bertz CT molecular complexity index is 475. The third kappa shape index (κ3) is 4.29. The van der Waals surface area contributed by atoms with Crippen molar-refractivity contribution in [3.05, 3.63) is 20.8 Å². The zero-order valence-corrected chi connectivity index (χ0v) is 13.7. The molecule has 0 amide bonds. The van der Waals surface area contributed by atoms with Crippen molar-refractivity contribution in [3.63, 3.8) is 0 Å². The van der Waals surface area contributed by atoms with Crippen molar-refractivity contribution >= 4 is 37.5 Å². The molecule has 0 aromatic carbocycles. The molecule has 104 valence electrons. The minimum atomic E-state index is -3.40. The fourth-order valence-electron chi connectivity index (χ4n) is 1.41. The standard InChI is InChI=1S/C10H18BrN3O2S2/c1-13(5-3-4-12)18(15,16)14(2)7-10-6-9(11)8-17-10/h6,8H,3-5,7,12H2,1-2H3. The highest BCUT2D eigenvalue weighted by Gasteiger charge is 2.23. The number of thiophene rings is 1. The maximum Gasteiger partial charge on any atom is 0.281 e. The lowest BCUT2D eigenvalue weighted by Crippen LogP contribution is -2.39. The van der Waals surface area contributed by atoms with Crippen LogP contribution in [-0.4, -0.2) is 44.2 Å². The van der Waals surface area contributed by atoms with Crippen LogP contribution in [0.2, 0.25) is 0 Å². The summed E-state index contributed by atoms with van der Waals surface area (Å²) in [6.45, 7) is 1.31. The Kier molecular flexibility index (Phi) is 6.22. The summed E-state index contributed by atoms with van der Waals surface area (Å²) in [5.74, 6) is 0. The molecule has 2 N–H and O–H groups in total. The van der Waals surface area contributed by atoms with Gasteiger partial charge in [0.1, 0.15) is 0 Å². The monoisotopic (exact) mass is 355 g/mol. The third-order valence-electron chi connectivity index (χ3n) is 2.47. The molecule has 8 heteroatoms. The Morgan fingerprint density at radius 3 is 2.56 bits per heavy atom. The molecule has 1 heterocycles. The van der Waals surface area contributed by atoms with Crippen LogP contribution in [-0.2, 0) is 16.8 Å². The molecule has 18 heavy (non-hydrogen) atoms. The van der Waals surface area contributed by atoms with Gasteiger partial charge < -0.3 is 5.73 Å². The van der Waals surface area contributed by atoms with Crippen LogP contribution in [0.5, 0.6) is 0 Å². The maximum atomic E-state index is 12.2. The molecule has 0 bridgehead atoms. The van der Waals surface area contributed by atoms with Crippen molar-refractivity contribution in [1.29, 1.82) is 0 Å². The van der Waals surface area contributed by atoms with Crippen LogP contribution in [0.4, 0.5) is 0 Å². The first-order chi connectivity index (χ1) is 8.37. The molecule has 1 aromatic rings. The van der Waals surface area contributed by atoms with Crippen LogP contribution >= 0.6 is 27.3 Å². The highest BCUT2D eigenvalue weighted by Crippen LogP contribution is 2.22. The quantitative estimate of drug-likeness (QED) is 0.805. The van der Waals surface area contributed by atoms with Gasteiger partial charge in [0.15, 0.2) is 0 Å². The van der Waals surface area contributed by atoms with E-state index in [9.17, 15) is 8.42 Å². The number of hydrogen-bond acceptors (Lipinski definition) is 4. The molecule has 0 radical (unpaired) electrons. The van der Waals surface area contributed by atoms with E-state index in [0.29, 0.717) is 26.1 Å². The molecule has 0 aliphatic rings. The minimum Gasteiger partial charge on any atom is -0.330 e. The van der Waals surface area contributed by atoms with Crippen molar-refractivity contribution in [2.24, 2.45) is 5.73 Å². The topological polar surface area (TPSA) is 66.6 Å². The smallest absolute Gasteiger partial charge is 0.281 e. The second-order valence-electron chi connectivity index (χ2n) is 3.96. The minimum absolute atomic E-state index is 0.381. The van der Waals surface area contributed by atoms with E-state index in [1.165, 1.54) is 19.9 Å². The number of rotatable bonds is 7. The fraction of sp³-hybridized carbons (Fsp3) is 0.600. The summed E-state index contributed by atoms with van der Waals surface area (Å²) in [6, 6.07) is 1.93. The van der Waals surface area contributed by atoms with E-state index in [4.69, 9.17) is 5.73 Å². The lowest BCUT2D eigenvalue weighted by molar-refractivity contribution is 0.388. The number of nitrogens with two attached hydrogens (primary N) is 1. The van der Waals surface area contributed by atoms with Crippen molar-refractivity contribution in [2.75, 3.05) is 27.2 Å². The number of hydrogen-bond donors (Lipinski definition) is 1. The van der Waals surface area contributed by atoms with E-state index in [1.54, 1.807) is 14.1 Å². The van der Waals surface area contributed by atoms with Gasteiger partial charge >= 0.3 is 0 Å². The number of nitrogens with zero attached hydrogens (tertiary/aromatic N) is 2. The van der Waals surface area contributed by atoms with Gasteiger partial charge in [-0.1, -0.05) is 0 Å². The fourth-order valence-corrected chi connectivity index (χ4v) is 4.13. The van der Waals surface area contributed by atoms with Gasteiger partial charge in [-0.25, -0.2) is 0 Å². The van der Waals surface area contributed by atoms with Gasteiger partial charge in [0.05, 0.1) is 0 Å². The molecule has 0 atom stereocenters. The third-order valence-corrected chi connectivity index (χ3v) is 6.03. The molecule has 0 unspecified atom stereocenters. The van der Waals surface area contributed by atoms with Crippen LogP contribution in [0.15, 0.2) is 15.9 Å². The largest absolute Gasteiger partial charge is 0.330 e. The number of halogens is 1. The van der Waals surface area contributed by atoms with E-state index in [0.717, 1.165) is 9.35 Å². The van der Waals surface area contributed by atoms with E-state index in [-0.39, 0.29) is 0 Å². The SMILES string of the molecule is CN(CCCN)S(=O)(=O)N(C)Cc1cc(Br)cs1. The summed E-state index contributed by atoms with van der Waals surface area (Å²) < 4.78 is 28.0. The summed E-state index contributed by atoms with van der Waals surface area (Å²) in [4.78, 5) is 1.00.